The van der Waals surface area contributed by atoms with Crippen LogP contribution >= 0.6 is 0 Å². The first-order valence-electron chi connectivity index (χ1n) is 11.7. The highest BCUT2D eigenvalue weighted by Crippen LogP contribution is 2.27. The minimum Gasteiger partial charge on any atom is -0.357 e. The van der Waals surface area contributed by atoms with Gasteiger partial charge >= 0.3 is 6.03 Å². The zero-order chi connectivity index (χ0) is 27.7. The number of nitrogens with zero attached hydrogens (tertiary/aromatic N) is 5. The van der Waals surface area contributed by atoms with Gasteiger partial charge < -0.3 is 19.4 Å². The number of carbonyl (C=O) groups is 3. The van der Waals surface area contributed by atoms with Crippen molar-refractivity contribution in [3.05, 3.63) is 83.8 Å². The molecule has 196 valence electrons. The summed E-state index contributed by atoms with van der Waals surface area (Å²) in [5.41, 5.74) is -1.39. The molecule has 3 rings (SSSR count). The Balaban J connectivity index is 1.89. The third-order valence-corrected chi connectivity index (χ3v) is 5.96. The molecule has 0 saturated carbocycles. The highest BCUT2D eigenvalue weighted by molar-refractivity contribution is 5.94. The SMILES string of the molecule is CN(CCN(C(=O)N(C)c1c(F)cc(C#Cc2ccccc2)cc1F)C(C)(C=O)CC=O)c1cnccn1. The fourth-order valence-corrected chi connectivity index (χ4v) is 3.71. The molecule has 0 spiro atoms. The van der Waals surface area contributed by atoms with Gasteiger partial charge in [0.05, 0.1) is 6.20 Å². The highest BCUT2D eigenvalue weighted by atomic mass is 19.1. The zero-order valence-corrected chi connectivity index (χ0v) is 21.3. The Morgan fingerprint density at radius 2 is 1.66 bits per heavy atom. The molecule has 1 heterocycles. The standard InChI is InChI=1S/C28H27F2N5O3/c1-28(20-37,11-16-36)35(15-14-33(2)25-19-31-12-13-32-25)27(38)34(3)26-23(29)17-22(18-24(26)30)10-9-21-7-5-4-6-8-21/h4-8,12-13,16-20H,11,14-15H2,1-3H3. The number of carbonyl (C=O) groups excluding carboxylic acids is 3. The Bertz CT molecular complexity index is 1320. The first-order chi connectivity index (χ1) is 18.2. The minimum atomic E-state index is -1.55. The molecule has 0 fully saturated rings. The van der Waals surface area contributed by atoms with Crippen LogP contribution in [0.1, 0.15) is 24.5 Å². The number of amides is 2. The Labute approximate surface area is 219 Å². The van der Waals surface area contributed by atoms with E-state index in [2.05, 4.69) is 21.8 Å². The van der Waals surface area contributed by atoms with E-state index in [9.17, 15) is 14.4 Å². The number of urea groups is 1. The molecule has 2 amide bonds. The molecule has 0 aliphatic rings. The van der Waals surface area contributed by atoms with E-state index in [0.29, 0.717) is 24.0 Å². The summed E-state index contributed by atoms with van der Waals surface area (Å²) in [6.07, 6.45) is 5.23. The number of benzene rings is 2. The fourth-order valence-electron chi connectivity index (χ4n) is 3.71. The quantitative estimate of drug-likeness (QED) is 0.317. The molecule has 1 unspecified atom stereocenters. The summed E-state index contributed by atoms with van der Waals surface area (Å²) in [6, 6.07) is 10.2. The van der Waals surface area contributed by atoms with Gasteiger partial charge in [0.2, 0.25) is 0 Å². The first kappa shape index (κ1) is 27.9. The maximum absolute atomic E-state index is 15.1. The van der Waals surface area contributed by atoms with Crippen LogP contribution in [0.4, 0.5) is 25.1 Å². The second kappa shape index (κ2) is 12.5. The molecular weight excluding hydrogens is 492 g/mol. The number of aromatic nitrogens is 2. The van der Waals surface area contributed by atoms with Crippen LogP contribution in [0, 0.1) is 23.5 Å². The summed E-state index contributed by atoms with van der Waals surface area (Å²) < 4.78 is 30.2. The largest absolute Gasteiger partial charge is 0.357 e. The van der Waals surface area contributed by atoms with Crippen molar-refractivity contribution in [3.63, 3.8) is 0 Å². The van der Waals surface area contributed by atoms with Crippen LogP contribution in [0.25, 0.3) is 0 Å². The smallest absolute Gasteiger partial charge is 0.325 e. The van der Waals surface area contributed by atoms with E-state index in [0.717, 1.165) is 21.9 Å². The fraction of sp³-hybridized carbons (Fsp3) is 0.250. The van der Waals surface area contributed by atoms with Gasteiger partial charge in [-0.2, -0.15) is 0 Å². The summed E-state index contributed by atoms with van der Waals surface area (Å²) in [4.78, 5) is 48.7. The van der Waals surface area contributed by atoms with Crippen molar-refractivity contribution in [2.45, 2.75) is 18.9 Å². The summed E-state index contributed by atoms with van der Waals surface area (Å²) in [7, 11) is 2.91. The van der Waals surface area contributed by atoms with E-state index in [-0.39, 0.29) is 25.1 Å². The van der Waals surface area contributed by atoms with E-state index >= 15 is 8.78 Å². The lowest BCUT2D eigenvalue weighted by atomic mass is 9.98. The third kappa shape index (κ3) is 6.56. The average Bonchev–Trinajstić information content (AvgIpc) is 2.92. The van der Waals surface area contributed by atoms with Gasteiger partial charge in [-0.1, -0.05) is 30.0 Å². The van der Waals surface area contributed by atoms with E-state index < -0.39 is 28.9 Å². The van der Waals surface area contributed by atoms with Crippen LogP contribution in [0.3, 0.4) is 0 Å². The predicted molar refractivity (Wildman–Crippen MR) is 140 cm³/mol. The molecule has 1 atom stereocenters. The Morgan fingerprint density at radius 1 is 1.00 bits per heavy atom. The first-order valence-corrected chi connectivity index (χ1v) is 11.7. The molecule has 0 aliphatic heterocycles. The van der Waals surface area contributed by atoms with Gasteiger partial charge in [-0.15, -0.1) is 0 Å². The van der Waals surface area contributed by atoms with Gasteiger partial charge in [0.15, 0.2) is 11.6 Å². The molecule has 0 bridgehead atoms. The van der Waals surface area contributed by atoms with Gasteiger partial charge in [0.25, 0.3) is 0 Å². The zero-order valence-electron chi connectivity index (χ0n) is 21.3. The maximum atomic E-state index is 15.1. The van der Waals surface area contributed by atoms with Gasteiger partial charge in [0.1, 0.15) is 29.6 Å². The van der Waals surface area contributed by atoms with Crippen molar-refractivity contribution < 1.29 is 23.2 Å². The molecule has 8 nitrogen and oxygen atoms in total. The van der Waals surface area contributed by atoms with Crippen molar-refractivity contribution in [2.75, 3.05) is 37.0 Å². The van der Waals surface area contributed by atoms with Crippen LogP contribution in [-0.2, 0) is 9.59 Å². The topological polar surface area (TPSA) is 86.7 Å². The summed E-state index contributed by atoms with van der Waals surface area (Å²) in [6.45, 7) is 1.56. The number of hydrogen-bond donors (Lipinski definition) is 0. The van der Waals surface area contributed by atoms with Crippen molar-refractivity contribution >= 4 is 30.1 Å². The van der Waals surface area contributed by atoms with Gasteiger partial charge in [0, 0.05) is 57.1 Å². The monoisotopic (exact) mass is 519 g/mol. The summed E-state index contributed by atoms with van der Waals surface area (Å²) in [5.74, 6) is 4.05. The Morgan fingerprint density at radius 3 is 2.24 bits per heavy atom. The second-order valence-corrected chi connectivity index (χ2v) is 8.73. The number of likely N-dealkylation sites (N-methyl/N-ethyl adjacent to an activating group) is 1. The van der Waals surface area contributed by atoms with Crippen LogP contribution in [0.15, 0.2) is 61.1 Å². The van der Waals surface area contributed by atoms with E-state index in [4.69, 9.17) is 0 Å². The molecule has 3 aromatic rings. The van der Waals surface area contributed by atoms with Crippen molar-refractivity contribution in [2.24, 2.45) is 0 Å². The third-order valence-electron chi connectivity index (χ3n) is 5.96. The van der Waals surface area contributed by atoms with E-state index in [1.165, 1.54) is 32.6 Å². The molecular formula is C28H27F2N5O3. The number of anilines is 2. The lowest BCUT2D eigenvalue weighted by molar-refractivity contribution is -0.120. The molecule has 0 saturated heterocycles. The maximum Gasteiger partial charge on any atom is 0.325 e. The van der Waals surface area contributed by atoms with Crippen LogP contribution < -0.4 is 9.80 Å². The molecule has 0 N–H and O–H groups in total. The average molecular weight is 520 g/mol. The normalized spacial score (nSPS) is 11.9. The van der Waals surface area contributed by atoms with Crippen molar-refractivity contribution in [1.29, 1.82) is 0 Å². The molecule has 2 aromatic carbocycles. The van der Waals surface area contributed by atoms with Gasteiger partial charge in [-0.25, -0.2) is 18.6 Å². The number of aldehydes is 2. The molecule has 0 aliphatic carbocycles. The molecule has 10 heteroatoms. The van der Waals surface area contributed by atoms with Gasteiger partial charge in [-0.3, -0.25) is 9.88 Å². The minimum absolute atomic E-state index is 0.0524. The van der Waals surface area contributed by atoms with E-state index in [1.807, 2.05) is 6.07 Å². The lowest BCUT2D eigenvalue weighted by Gasteiger charge is -2.39. The number of halogens is 2. The van der Waals surface area contributed by atoms with E-state index in [1.54, 1.807) is 36.2 Å². The number of rotatable bonds is 9. The molecule has 38 heavy (non-hydrogen) atoms. The van der Waals surface area contributed by atoms with Crippen LogP contribution in [0.5, 0.6) is 0 Å². The lowest BCUT2D eigenvalue weighted by Crippen LogP contribution is -2.57. The number of hydrogen-bond acceptors (Lipinski definition) is 6. The Hall–Kier alpha value is -4.65. The van der Waals surface area contributed by atoms with Crippen molar-refractivity contribution in [1.82, 2.24) is 14.9 Å². The van der Waals surface area contributed by atoms with Crippen molar-refractivity contribution in [3.8, 4) is 11.8 Å². The van der Waals surface area contributed by atoms with Gasteiger partial charge in [-0.05, 0) is 31.2 Å². The summed E-state index contributed by atoms with van der Waals surface area (Å²) in [5, 5.41) is 0. The van der Waals surface area contributed by atoms with Crippen LogP contribution in [-0.4, -0.2) is 66.2 Å². The Kier molecular flexibility index (Phi) is 9.22. The summed E-state index contributed by atoms with van der Waals surface area (Å²) >= 11 is 0. The highest BCUT2D eigenvalue weighted by Gasteiger charge is 2.38. The van der Waals surface area contributed by atoms with Crippen LogP contribution in [0.2, 0.25) is 0 Å². The molecule has 0 radical (unpaired) electrons. The second-order valence-electron chi connectivity index (χ2n) is 8.73. The molecule has 1 aromatic heterocycles. The predicted octanol–water partition coefficient (Wildman–Crippen LogP) is 3.70.